The van der Waals surface area contributed by atoms with E-state index >= 15 is 0 Å². The molecular weight excluding hydrogens is 354 g/mol. The second-order valence-electron chi connectivity index (χ2n) is 7.86. The quantitative estimate of drug-likeness (QED) is 0.802. The molecule has 144 valence electrons. The summed E-state index contributed by atoms with van der Waals surface area (Å²) in [5.74, 6) is 0.0310. The molecule has 1 N–H and O–H groups in total. The molecule has 0 bridgehead atoms. The Hall–Kier alpha value is -1.85. The number of likely N-dealkylation sites (N-methyl/N-ethyl adjacent to an activating group) is 1. The van der Waals surface area contributed by atoms with Crippen LogP contribution in [0.1, 0.15) is 44.9 Å². The van der Waals surface area contributed by atoms with Crippen molar-refractivity contribution >= 4 is 28.6 Å². The predicted octanol–water partition coefficient (Wildman–Crippen LogP) is 4.33. The Morgan fingerprint density at radius 1 is 1.04 bits per heavy atom. The van der Waals surface area contributed by atoms with Crippen LogP contribution in [0.3, 0.4) is 0 Å². The van der Waals surface area contributed by atoms with Crippen LogP contribution in [0, 0.1) is 6.92 Å². The van der Waals surface area contributed by atoms with E-state index in [1.54, 1.807) is 11.3 Å². The van der Waals surface area contributed by atoms with Crippen LogP contribution in [0.5, 0.6) is 0 Å². The third-order valence-electron chi connectivity index (χ3n) is 5.80. The fraction of sp³-hybridized carbons (Fsp3) is 0.500. The largest absolute Gasteiger partial charge is 0.369 e. The van der Waals surface area contributed by atoms with Gasteiger partial charge in [-0.1, -0.05) is 6.42 Å². The molecule has 0 atom stereocenters. The second-order valence-corrected chi connectivity index (χ2v) is 9.00. The minimum absolute atomic E-state index is 0.0310. The van der Waals surface area contributed by atoms with E-state index in [2.05, 4.69) is 53.4 Å². The van der Waals surface area contributed by atoms with Gasteiger partial charge in [-0.3, -0.25) is 4.79 Å². The van der Waals surface area contributed by atoms with Gasteiger partial charge in [0.2, 0.25) is 0 Å². The molecule has 0 unspecified atom stereocenters. The highest BCUT2D eigenvalue weighted by molar-refractivity contribution is 7.14. The molecule has 1 amide bonds. The number of hydrogen-bond donors (Lipinski definition) is 1. The number of hydrogen-bond acceptors (Lipinski definition) is 4. The fourth-order valence-corrected chi connectivity index (χ4v) is 5.16. The van der Waals surface area contributed by atoms with Gasteiger partial charge in [-0.15, -0.1) is 11.3 Å². The first-order chi connectivity index (χ1) is 13.1. The maximum absolute atomic E-state index is 12.8. The molecule has 4 rings (SSSR count). The van der Waals surface area contributed by atoms with Crippen molar-refractivity contribution < 1.29 is 4.79 Å². The molecular formula is C22H29N3OS. The highest BCUT2D eigenvalue weighted by Gasteiger charge is 2.18. The average Bonchev–Trinajstić information content (AvgIpc) is 2.95. The maximum atomic E-state index is 12.8. The molecule has 2 aliphatic rings. The molecule has 4 nitrogen and oxygen atoms in total. The molecule has 27 heavy (non-hydrogen) atoms. The molecule has 1 fully saturated rings. The standard InChI is InChI=1S/C22H29N3OS/c1-16-14-18(25-12-10-24(2)11-13-25)8-9-19(16)23-22(26)21-15-17-6-4-3-5-7-20(17)27-21/h8-9,14-15H,3-7,10-13H2,1-2H3,(H,23,26). The number of anilines is 2. The van der Waals surface area contributed by atoms with E-state index in [0.29, 0.717) is 0 Å². The number of nitrogens with one attached hydrogen (secondary N) is 1. The third-order valence-corrected chi connectivity index (χ3v) is 7.03. The topological polar surface area (TPSA) is 35.6 Å². The molecule has 1 aromatic carbocycles. The van der Waals surface area contributed by atoms with Gasteiger partial charge in [-0.25, -0.2) is 0 Å². The Kier molecular flexibility index (Phi) is 5.50. The number of benzene rings is 1. The molecule has 1 saturated heterocycles. The first kappa shape index (κ1) is 18.5. The number of carbonyl (C=O) groups is 1. The minimum Gasteiger partial charge on any atom is -0.369 e. The van der Waals surface area contributed by atoms with Gasteiger partial charge in [0.05, 0.1) is 4.88 Å². The molecule has 1 aliphatic heterocycles. The van der Waals surface area contributed by atoms with Crippen LogP contribution in [0.2, 0.25) is 0 Å². The maximum Gasteiger partial charge on any atom is 0.265 e. The van der Waals surface area contributed by atoms with Crippen molar-refractivity contribution in [1.82, 2.24) is 4.90 Å². The van der Waals surface area contributed by atoms with Crippen molar-refractivity contribution in [1.29, 1.82) is 0 Å². The number of nitrogens with zero attached hydrogens (tertiary/aromatic N) is 2. The van der Waals surface area contributed by atoms with Gasteiger partial charge in [0.15, 0.2) is 0 Å². The number of aryl methyl sites for hydroxylation is 3. The monoisotopic (exact) mass is 383 g/mol. The van der Waals surface area contributed by atoms with Crippen LogP contribution in [0.25, 0.3) is 0 Å². The number of rotatable bonds is 3. The Morgan fingerprint density at radius 3 is 2.59 bits per heavy atom. The van der Waals surface area contributed by atoms with Gasteiger partial charge in [-0.05, 0) is 75.0 Å². The fourth-order valence-electron chi connectivity index (χ4n) is 4.01. The second kappa shape index (κ2) is 8.03. The first-order valence-electron chi connectivity index (χ1n) is 10.1. The summed E-state index contributed by atoms with van der Waals surface area (Å²) in [4.78, 5) is 19.8. The van der Waals surface area contributed by atoms with E-state index in [1.165, 1.54) is 35.4 Å². The first-order valence-corrected chi connectivity index (χ1v) is 10.9. The van der Waals surface area contributed by atoms with E-state index in [4.69, 9.17) is 0 Å². The third kappa shape index (κ3) is 4.19. The molecule has 2 heterocycles. The van der Waals surface area contributed by atoms with Gasteiger partial charge in [0.1, 0.15) is 0 Å². The zero-order chi connectivity index (χ0) is 18.8. The number of fused-ring (bicyclic) bond motifs is 1. The van der Waals surface area contributed by atoms with E-state index in [0.717, 1.165) is 55.1 Å². The summed E-state index contributed by atoms with van der Waals surface area (Å²) in [6.45, 7) is 6.39. The lowest BCUT2D eigenvalue weighted by molar-refractivity contribution is 0.103. The Bertz CT molecular complexity index is 797. The van der Waals surface area contributed by atoms with E-state index in [1.807, 2.05) is 0 Å². The van der Waals surface area contributed by atoms with Crippen molar-refractivity contribution in [3.8, 4) is 0 Å². The van der Waals surface area contributed by atoms with E-state index in [9.17, 15) is 4.79 Å². The highest BCUT2D eigenvalue weighted by Crippen LogP contribution is 2.30. The summed E-state index contributed by atoms with van der Waals surface area (Å²) < 4.78 is 0. The lowest BCUT2D eigenvalue weighted by Gasteiger charge is -2.34. The number of piperazine rings is 1. The van der Waals surface area contributed by atoms with Gasteiger partial charge in [0.25, 0.3) is 5.91 Å². The van der Waals surface area contributed by atoms with Crippen molar-refractivity contribution in [2.75, 3.05) is 43.4 Å². The van der Waals surface area contributed by atoms with Crippen LogP contribution >= 0.6 is 11.3 Å². The lowest BCUT2D eigenvalue weighted by atomic mass is 10.1. The van der Waals surface area contributed by atoms with Crippen molar-refractivity contribution in [2.24, 2.45) is 0 Å². The Labute approximate surface area is 166 Å². The molecule has 0 saturated carbocycles. The van der Waals surface area contributed by atoms with Crippen LogP contribution < -0.4 is 10.2 Å². The average molecular weight is 384 g/mol. The van der Waals surface area contributed by atoms with Crippen molar-refractivity contribution in [3.05, 3.63) is 45.1 Å². The van der Waals surface area contributed by atoms with Crippen molar-refractivity contribution in [3.63, 3.8) is 0 Å². The normalized spacial score (nSPS) is 18.1. The smallest absolute Gasteiger partial charge is 0.265 e. The molecule has 5 heteroatoms. The van der Waals surface area contributed by atoms with Crippen LogP contribution in [-0.2, 0) is 12.8 Å². The molecule has 1 aromatic heterocycles. The molecule has 2 aromatic rings. The number of carbonyl (C=O) groups excluding carboxylic acids is 1. The number of amides is 1. The van der Waals surface area contributed by atoms with Crippen molar-refractivity contribution in [2.45, 2.75) is 39.0 Å². The zero-order valence-electron chi connectivity index (χ0n) is 16.4. The summed E-state index contributed by atoms with van der Waals surface area (Å²) in [5, 5.41) is 3.13. The van der Waals surface area contributed by atoms with Gasteiger partial charge < -0.3 is 15.1 Å². The van der Waals surface area contributed by atoms with Gasteiger partial charge in [-0.2, -0.15) is 0 Å². The minimum atomic E-state index is 0.0310. The van der Waals surface area contributed by atoms with E-state index in [-0.39, 0.29) is 5.91 Å². The Morgan fingerprint density at radius 2 is 1.81 bits per heavy atom. The SMILES string of the molecule is Cc1cc(N2CCN(C)CC2)ccc1NC(=O)c1cc2c(s1)CCCCC2. The summed E-state index contributed by atoms with van der Waals surface area (Å²) in [6, 6.07) is 8.51. The van der Waals surface area contributed by atoms with Crippen LogP contribution in [0.15, 0.2) is 24.3 Å². The lowest BCUT2D eigenvalue weighted by Crippen LogP contribution is -2.44. The van der Waals surface area contributed by atoms with Crippen LogP contribution in [0.4, 0.5) is 11.4 Å². The summed E-state index contributed by atoms with van der Waals surface area (Å²) in [6.07, 6.45) is 6.06. The summed E-state index contributed by atoms with van der Waals surface area (Å²) >= 11 is 1.68. The summed E-state index contributed by atoms with van der Waals surface area (Å²) in [5.41, 5.74) is 4.69. The zero-order valence-corrected chi connectivity index (χ0v) is 17.2. The predicted molar refractivity (Wildman–Crippen MR) is 114 cm³/mol. The van der Waals surface area contributed by atoms with Gasteiger partial charge >= 0.3 is 0 Å². The molecule has 0 radical (unpaired) electrons. The summed E-state index contributed by atoms with van der Waals surface area (Å²) in [7, 11) is 2.17. The highest BCUT2D eigenvalue weighted by atomic mass is 32.1. The van der Waals surface area contributed by atoms with Gasteiger partial charge in [0, 0.05) is 42.4 Å². The van der Waals surface area contributed by atoms with Crippen LogP contribution in [-0.4, -0.2) is 44.0 Å². The number of thiophene rings is 1. The molecule has 0 spiro atoms. The molecule has 1 aliphatic carbocycles. The van der Waals surface area contributed by atoms with E-state index < -0.39 is 0 Å². The Balaban J connectivity index is 1.45.